The zero-order valence-electron chi connectivity index (χ0n) is 14.2. The van der Waals surface area contributed by atoms with Crippen molar-refractivity contribution in [3.63, 3.8) is 0 Å². The molecule has 2 atom stereocenters. The predicted molar refractivity (Wildman–Crippen MR) is 81.6 cm³/mol. The van der Waals surface area contributed by atoms with E-state index in [1.807, 2.05) is 0 Å². The van der Waals surface area contributed by atoms with Gasteiger partial charge >= 0.3 is 23.9 Å². The summed E-state index contributed by atoms with van der Waals surface area (Å²) >= 11 is 0. The van der Waals surface area contributed by atoms with Crippen molar-refractivity contribution in [2.75, 3.05) is 0 Å². The van der Waals surface area contributed by atoms with Crippen LogP contribution in [0.25, 0.3) is 0 Å². The number of aliphatic carboxylic acids is 2. The average Bonchev–Trinajstić information content (AvgIpc) is 2.49. The predicted octanol–water partition coefficient (Wildman–Crippen LogP) is 2.62. The van der Waals surface area contributed by atoms with Crippen LogP contribution in [0.4, 0.5) is 0 Å². The number of esters is 2. The second-order valence-corrected chi connectivity index (χ2v) is 6.28. The molecule has 0 aromatic carbocycles. The summed E-state index contributed by atoms with van der Waals surface area (Å²) in [5.74, 6) is -3.58. The van der Waals surface area contributed by atoms with Crippen LogP contribution in [0.3, 0.4) is 0 Å². The van der Waals surface area contributed by atoms with Gasteiger partial charge in [-0.05, 0) is 39.5 Å². The van der Waals surface area contributed by atoms with Crippen molar-refractivity contribution < 1.29 is 34.1 Å². The van der Waals surface area contributed by atoms with Crippen molar-refractivity contribution in [1.29, 1.82) is 0 Å². The maximum absolute atomic E-state index is 11.6. The minimum absolute atomic E-state index is 0.0761. The molecule has 0 aliphatic rings. The summed E-state index contributed by atoms with van der Waals surface area (Å²) in [6.07, 6.45) is 0.520. The Morgan fingerprint density at radius 3 is 1.30 bits per heavy atom. The third kappa shape index (κ3) is 6.38. The molecular weight excluding hydrogens is 304 g/mol. The van der Waals surface area contributed by atoms with E-state index < -0.39 is 34.7 Å². The molecule has 7 nitrogen and oxygen atoms in total. The van der Waals surface area contributed by atoms with Gasteiger partial charge in [0.15, 0.2) is 0 Å². The molecule has 0 fully saturated rings. The molecular formula is C16H26O7. The van der Waals surface area contributed by atoms with E-state index in [4.69, 9.17) is 10.2 Å². The molecule has 23 heavy (non-hydrogen) atoms. The van der Waals surface area contributed by atoms with Crippen LogP contribution in [0, 0.1) is 10.8 Å². The Balaban J connectivity index is 4.39. The summed E-state index contributed by atoms with van der Waals surface area (Å²) in [5.41, 5.74) is -2.07. The monoisotopic (exact) mass is 330 g/mol. The van der Waals surface area contributed by atoms with E-state index >= 15 is 0 Å². The number of hydrogen-bond acceptors (Lipinski definition) is 5. The van der Waals surface area contributed by atoms with Crippen LogP contribution in [0.5, 0.6) is 0 Å². The second kappa shape index (κ2) is 8.64. The maximum Gasteiger partial charge on any atom is 0.313 e. The van der Waals surface area contributed by atoms with Crippen molar-refractivity contribution in [2.24, 2.45) is 10.8 Å². The first kappa shape index (κ1) is 21.1. The highest BCUT2D eigenvalue weighted by Crippen LogP contribution is 2.29. The molecule has 132 valence electrons. The fourth-order valence-corrected chi connectivity index (χ4v) is 1.85. The number of carboxylic acids is 2. The third-order valence-electron chi connectivity index (χ3n) is 4.58. The highest BCUT2D eigenvalue weighted by molar-refractivity contribution is 5.86. The molecule has 0 saturated carbocycles. The van der Waals surface area contributed by atoms with Crippen LogP contribution in [0.2, 0.25) is 0 Å². The smallest absolute Gasteiger partial charge is 0.313 e. The minimum Gasteiger partial charge on any atom is -0.481 e. The van der Waals surface area contributed by atoms with Crippen LogP contribution in [-0.4, -0.2) is 34.1 Å². The second-order valence-electron chi connectivity index (χ2n) is 6.28. The normalized spacial score (nSPS) is 16.0. The molecule has 2 unspecified atom stereocenters. The van der Waals surface area contributed by atoms with Crippen molar-refractivity contribution in [2.45, 2.75) is 66.2 Å². The van der Waals surface area contributed by atoms with E-state index in [0.717, 1.165) is 0 Å². The van der Waals surface area contributed by atoms with Gasteiger partial charge in [0.2, 0.25) is 0 Å². The Morgan fingerprint density at radius 1 is 0.783 bits per heavy atom. The van der Waals surface area contributed by atoms with Gasteiger partial charge in [0.05, 0.1) is 10.8 Å². The van der Waals surface area contributed by atoms with E-state index in [0.29, 0.717) is 12.8 Å². The van der Waals surface area contributed by atoms with E-state index in [9.17, 15) is 19.2 Å². The zero-order valence-corrected chi connectivity index (χ0v) is 14.2. The van der Waals surface area contributed by atoms with Crippen LogP contribution in [0.15, 0.2) is 0 Å². The van der Waals surface area contributed by atoms with E-state index in [1.165, 1.54) is 13.8 Å². The zero-order chi connectivity index (χ0) is 18.3. The molecule has 0 aromatic heterocycles. The molecule has 0 radical (unpaired) electrons. The summed E-state index contributed by atoms with van der Waals surface area (Å²) in [5, 5.41) is 18.2. The van der Waals surface area contributed by atoms with Crippen LogP contribution >= 0.6 is 0 Å². The van der Waals surface area contributed by atoms with Gasteiger partial charge in [0.25, 0.3) is 0 Å². The Bertz CT molecular complexity index is 429. The minimum atomic E-state index is -1.04. The summed E-state index contributed by atoms with van der Waals surface area (Å²) < 4.78 is 4.63. The number of rotatable bonds is 10. The van der Waals surface area contributed by atoms with E-state index in [-0.39, 0.29) is 25.7 Å². The Labute approximate surface area is 136 Å². The topological polar surface area (TPSA) is 118 Å². The molecule has 0 aliphatic carbocycles. The lowest BCUT2D eigenvalue weighted by Gasteiger charge is -2.22. The van der Waals surface area contributed by atoms with Gasteiger partial charge < -0.3 is 14.9 Å². The lowest BCUT2D eigenvalue weighted by molar-refractivity contribution is -0.161. The highest BCUT2D eigenvalue weighted by atomic mass is 16.6. The molecule has 0 rings (SSSR count). The molecule has 2 N–H and O–H groups in total. The fraction of sp³-hybridized carbons (Fsp3) is 0.750. The molecule has 7 heteroatoms. The standard InChI is InChI=1S/C16H26O7/c1-5-15(3,13(19)20)9-7-11(17)23-12(18)8-10-16(4,6-2)14(21)22/h5-10H2,1-4H3,(H,19,20)(H,21,22). The molecule has 0 heterocycles. The van der Waals surface area contributed by atoms with Crippen molar-refractivity contribution in [3.05, 3.63) is 0 Å². The number of ether oxygens (including phenoxy) is 1. The van der Waals surface area contributed by atoms with Gasteiger partial charge in [0.1, 0.15) is 0 Å². The van der Waals surface area contributed by atoms with E-state index in [2.05, 4.69) is 4.74 Å². The summed E-state index contributed by atoms with van der Waals surface area (Å²) in [7, 11) is 0. The number of carboxylic acid groups (broad SMARTS) is 2. The molecule has 0 aromatic rings. The van der Waals surface area contributed by atoms with Gasteiger partial charge in [-0.2, -0.15) is 0 Å². The largest absolute Gasteiger partial charge is 0.481 e. The molecule has 0 bridgehead atoms. The molecule has 0 spiro atoms. The van der Waals surface area contributed by atoms with E-state index in [1.54, 1.807) is 13.8 Å². The Kier molecular flexibility index (Phi) is 7.92. The van der Waals surface area contributed by atoms with Crippen LogP contribution < -0.4 is 0 Å². The summed E-state index contributed by atoms with van der Waals surface area (Å²) in [4.78, 5) is 45.5. The van der Waals surface area contributed by atoms with Gasteiger partial charge in [-0.25, -0.2) is 0 Å². The molecule has 0 saturated heterocycles. The Hall–Kier alpha value is -1.92. The first-order valence-corrected chi connectivity index (χ1v) is 7.71. The van der Waals surface area contributed by atoms with Gasteiger partial charge in [-0.15, -0.1) is 0 Å². The van der Waals surface area contributed by atoms with Crippen LogP contribution in [-0.2, 0) is 23.9 Å². The van der Waals surface area contributed by atoms with Gasteiger partial charge in [-0.1, -0.05) is 13.8 Å². The van der Waals surface area contributed by atoms with Crippen molar-refractivity contribution in [1.82, 2.24) is 0 Å². The number of carbonyl (C=O) groups is 4. The average molecular weight is 330 g/mol. The van der Waals surface area contributed by atoms with Crippen LogP contribution in [0.1, 0.15) is 66.2 Å². The quantitative estimate of drug-likeness (QED) is 0.467. The van der Waals surface area contributed by atoms with Crippen molar-refractivity contribution >= 4 is 23.9 Å². The number of carbonyl (C=O) groups excluding carboxylic acids is 2. The first-order valence-electron chi connectivity index (χ1n) is 7.71. The number of hydrogen-bond donors (Lipinski definition) is 2. The maximum atomic E-state index is 11.6. The lowest BCUT2D eigenvalue weighted by atomic mass is 9.83. The summed E-state index contributed by atoms with van der Waals surface area (Å²) in [6, 6.07) is 0. The molecule has 0 aliphatic heterocycles. The first-order chi connectivity index (χ1) is 10.5. The summed E-state index contributed by atoms with van der Waals surface area (Å²) in [6.45, 7) is 6.48. The lowest BCUT2D eigenvalue weighted by Crippen LogP contribution is -2.29. The molecule has 0 amide bonds. The third-order valence-corrected chi connectivity index (χ3v) is 4.58. The fourth-order valence-electron chi connectivity index (χ4n) is 1.85. The SMILES string of the molecule is CCC(C)(CCC(=O)OC(=O)CCC(C)(CC)C(=O)O)C(=O)O. The highest BCUT2D eigenvalue weighted by Gasteiger charge is 2.33. The van der Waals surface area contributed by atoms with Gasteiger partial charge in [0, 0.05) is 12.8 Å². The van der Waals surface area contributed by atoms with Crippen molar-refractivity contribution in [3.8, 4) is 0 Å². The Morgan fingerprint density at radius 2 is 1.09 bits per heavy atom. The van der Waals surface area contributed by atoms with Gasteiger partial charge in [-0.3, -0.25) is 19.2 Å².